The molecule has 0 bridgehead atoms. The number of carbonyl (C=O) groups excluding carboxylic acids is 3. The van der Waals surface area contributed by atoms with Crippen LogP contribution in [0.5, 0.6) is 0 Å². The minimum absolute atomic E-state index is 0.0429. The van der Waals surface area contributed by atoms with Gasteiger partial charge in [-0.25, -0.2) is 9.78 Å². The molecule has 2 aromatic rings. The van der Waals surface area contributed by atoms with Crippen LogP contribution in [-0.2, 0) is 11.2 Å². The van der Waals surface area contributed by atoms with Gasteiger partial charge in [0.1, 0.15) is 11.5 Å². The van der Waals surface area contributed by atoms with Crippen molar-refractivity contribution in [3.8, 4) is 0 Å². The second-order valence-electron chi connectivity index (χ2n) is 7.38. The molecule has 3 heterocycles. The van der Waals surface area contributed by atoms with Gasteiger partial charge in [0.25, 0.3) is 5.91 Å². The van der Waals surface area contributed by atoms with Crippen LogP contribution in [0.1, 0.15) is 49.7 Å². The molecule has 9 nitrogen and oxygen atoms in total. The predicted octanol–water partition coefficient (Wildman–Crippen LogP) is 1.80. The second-order valence-corrected chi connectivity index (χ2v) is 7.38. The number of anilines is 1. The molecule has 9 heteroatoms. The molecule has 162 valence electrons. The van der Waals surface area contributed by atoms with Crippen molar-refractivity contribution >= 4 is 29.3 Å². The van der Waals surface area contributed by atoms with E-state index >= 15 is 0 Å². The number of urea groups is 1. The van der Waals surface area contributed by atoms with Gasteiger partial charge in [0.15, 0.2) is 0 Å². The van der Waals surface area contributed by atoms with Gasteiger partial charge in [-0.15, -0.1) is 0 Å². The van der Waals surface area contributed by atoms with Crippen molar-refractivity contribution in [2.45, 2.75) is 40.0 Å². The first-order chi connectivity index (χ1) is 14.5. The third kappa shape index (κ3) is 4.55. The average molecular weight is 415 g/mol. The topological polar surface area (TPSA) is 99.1 Å². The number of rotatable bonds is 9. The summed E-state index contributed by atoms with van der Waals surface area (Å²) in [5.41, 5.74) is 2.02. The lowest BCUT2D eigenvalue weighted by Crippen LogP contribution is -2.36. The summed E-state index contributed by atoms with van der Waals surface area (Å²) in [7, 11) is 0. The number of nitrogens with zero attached hydrogens (tertiary/aromatic N) is 4. The second kappa shape index (κ2) is 9.60. The van der Waals surface area contributed by atoms with Gasteiger partial charge in [-0.3, -0.25) is 18.9 Å². The Morgan fingerprint density at radius 1 is 1.30 bits per heavy atom. The standard InChI is InChI=1S/C21H30N6O3/c1-4-6-11-26(15(3)28)20-17(5-2)24-18-8-7-16(14-27(18)20)19(29)22-9-12-25-13-10-23-21(25)30/h7-8,14H,4-6,9-13H2,1-3H3,(H,22,29)(H,23,30). The molecular weight excluding hydrogens is 384 g/mol. The molecule has 0 aromatic carbocycles. The van der Waals surface area contributed by atoms with Crippen LogP contribution in [0.3, 0.4) is 0 Å². The number of hydrogen-bond acceptors (Lipinski definition) is 4. The lowest BCUT2D eigenvalue weighted by atomic mass is 10.2. The van der Waals surface area contributed by atoms with Crippen molar-refractivity contribution in [3.05, 3.63) is 29.6 Å². The van der Waals surface area contributed by atoms with Crippen molar-refractivity contribution < 1.29 is 14.4 Å². The molecule has 3 rings (SSSR count). The zero-order chi connectivity index (χ0) is 21.7. The van der Waals surface area contributed by atoms with E-state index in [1.165, 1.54) is 0 Å². The highest BCUT2D eigenvalue weighted by molar-refractivity contribution is 5.95. The lowest BCUT2D eigenvalue weighted by Gasteiger charge is -2.22. The highest BCUT2D eigenvalue weighted by atomic mass is 16.2. The number of pyridine rings is 1. The molecule has 1 saturated heterocycles. The molecule has 1 aliphatic heterocycles. The Labute approximate surface area is 176 Å². The molecule has 2 N–H and O–H groups in total. The molecular formula is C21H30N6O3. The van der Waals surface area contributed by atoms with E-state index in [0.29, 0.717) is 50.4 Å². The Balaban J connectivity index is 1.82. The first kappa shape index (κ1) is 21.6. The van der Waals surface area contributed by atoms with E-state index in [2.05, 4.69) is 22.5 Å². The maximum Gasteiger partial charge on any atom is 0.317 e. The van der Waals surface area contributed by atoms with E-state index in [4.69, 9.17) is 0 Å². The molecule has 1 aliphatic rings. The third-order valence-corrected chi connectivity index (χ3v) is 5.24. The number of imidazole rings is 1. The SMILES string of the molecule is CCCCN(C(C)=O)c1c(CC)nc2ccc(C(=O)NCCN3CCNC3=O)cn12. The summed E-state index contributed by atoms with van der Waals surface area (Å²) in [5.74, 6) is 0.465. The van der Waals surface area contributed by atoms with Crippen molar-refractivity contribution in [1.82, 2.24) is 24.9 Å². The zero-order valence-electron chi connectivity index (χ0n) is 17.9. The zero-order valence-corrected chi connectivity index (χ0v) is 17.9. The maximum absolute atomic E-state index is 12.7. The van der Waals surface area contributed by atoms with Gasteiger partial charge in [0.05, 0.1) is 11.3 Å². The summed E-state index contributed by atoms with van der Waals surface area (Å²) in [4.78, 5) is 44.7. The Morgan fingerprint density at radius 2 is 2.10 bits per heavy atom. The van der Waals surface area contributed by atoms with Crippen LogP contribution in [0, 0.1) is 0 Å². The molecule has 0 aliphatic carbocycles. The van der Waals surface area contributed by atoms with E-state index in [1.807, 2.05) is 11.3 Å². The summed E-state index contributed by atoms with van der Waals surface area (Å²) in [6, 6.07) is 3.43. The monoisotopic (exact) mass is 414 g/mol. The van der Waals surface area contributed by atoms with Crippen LogP contribution in [0.15, 0.2) is 18.3 Å². The van der Waals surface area contributed by atoms with Gasteiger partial charge in [0, 0.05) is 45.8 Å². The maximum atomic E-state index is 12.7. The number of aryl methyl sites for hydroxylation is 1. The molecule has 0 saturated carbocycles. The van der Waals surface area contributed by atoms with Gasteiger partial charge in [-0.05, 0) is 25.0 Å². The summed E-state index contributed by atoms with van der Waals surface area (Å²) >= 11 is 0. The van der Waals surface area contributed by atoms with Crippen LogP contribution < -0.4 is 15.5 Å². The molecule has 1 fully saturated rings. The number of fused-ring (bicyclic) bond motifs is 1. The van der Waals surface area contributed by atoms with Gasteiger partial charge in [-0.2, -0.15) is 0 Å². The summed E-state index contributed by atoms with van der Waals surface area (Å²) in [6.45, 7) is 8.38. The van der Waals surface area contributed by atoms with Gasteiger partial charge in [0.2, 0.25) is 5.91 Å². The van der Waals surface area contributed by atoms with Crippen LogP contribution in [0.4, 0.5) is 10.6 Å². The van der Waals surface area contributed by atoms with E-state index < -0.39 is 0 Å². The molecule has 0 radical (unpaired) electrons. The van der Waals surface area contributed by atoms with Crippen molar-refractivity contribution in [2.75, 3.05) is 37.6 Å². The Kier molecular flexibility index (Phi) is 6.91. The van der Waals surface area contributed by atoms with Crippen LogP contribution >= 0.6 is 0 Å². The number of unbranched alkanes of at least 4 members (excludes halogenated alkanes) is 1. The fourth-order valence-electron chi connectivity index (χ4n) is 3.60. The minimum Gasteiger partial charge on any atom is -0.350 e. The van der Waals surface area contributed by atoms with Gasteiger partial charge < -0.3 is 15.5 Å². The summed E-state index contributed by atoms with van der Waals surface area (Å²) in [5, 5.41) is 5.60. The van der Waals surface area contributed by atoms with E-state index in [0.717, 1.165) is 24.4 Å². The Morgan fingerprint density at radius 3 is 2.73 bits per heavy atom. The van der Waals surface area contributed by atoms with Gasteiger partial charge >= 0.3 is 6.03 Å². The number of nitrogens with one attached hydrogen (secondary N) is 2. The highest BCUT2D eigenvalue weighted by Gasteiger charge is 2.22. The van der Waals surface area contributed by atoms with E-state index in [9.17, 15) is 14.4 Å². The number of carbonyl (C=O) groups is 3. The Hall–Kier alpha value is -3.10. The van der Waals surface area contributed by atoms with Crippen LogP contribution in [-0.4, -0.2) is 64.9 Å². The number of hydrogen-bond donors (Lipinski definition) is 2. The molecule has 4 amide bonds. The lowest BCUT2D eigenvalue weighted by molar-refractivity contribution is -0.116. The largest absolute Gasteiger partial charge is 0.350 e. The smallest absolute Gasteiger partial charge is 0.317 e. The van der Waals surface area contributed by atoms with Crippen LogP contribution in [0.2, 0.25) is 0 Å². The summed E-state index contributed by atoms with van der Waals surface area (Å²) in [6.07, 6.45) is 4.29. The van der Waals surface area contributed by atoms with Crippen molar-refractivity contribution in [1.29, 1.82) is 0 Å². The fourth-order valence-corrected chi connectivity index (χ4v) is 3.60. The van der Waals surface area contributed by atoms with Crippen molar-refractivity contribution in [2.24, 2.45) is 0 Å². The minimum atomic E-state index is -0.225. The third-order valence-electron chi connectivity index (χ3n) is 5.24. The molecule has 0 spiro atoms. The molecule has 0 atom stereocenters. The van der Waals surface area contributed by atoms with Crippen molar-refractivity contribution in [3.63, 3.8) is 0 Å². The number of aromatic nitrogens is 2. The first-order valence-corrected chi connectivity index (χ1v) is 10.6. The highest BCUT2D eigenvalue weighted by Crippen LogP contribution is 2.25. The van der Waals surface area contributed by atoms with Crippen LogP contribution in [0.25, 0.3) is 5.65 Å². The normalized spacial score (nSPS) is 13.6. The quantitative estimate of drug-likeness (QED) is 0.654. The first-order valence-electron chi connectivity index (χ1n) is 10.6. The van der Waals surface area contributed by atoms with E-state index in [1.54, 1.807) is 35.1 Å². The number of amides is 4. The molecule has 0 unspecified atom stereocenters. The molecule has 30 heavy (non-hydrogen) atoms. The fraction of sp³-hybridized carbons (Fsp3) is 0.524. The molecule has 2 aromatic heterocycles. The Bertz CT molecular complexity index is 938. The van der Waals surface area contributed by atoms with Gasteiger partial charge in [-0.1, -0.05) is 20.3 Å². The average Bonchev–Trinajstić information content (AvgIpc) is 3.30. The van der Waals surface area contributed by atoms with E-state index in [-0.39, 0.29) is 17.8 Å². The predicted molar refractivity (Wildman–Crippen MR) is 115 cm³/mol. The summed E-state index contributed by atoms with van der Waals surface area (Å²) < 4.78 is 1.83.